The van der Waals surface area contributed by atoms with Crippen LogP contribution in [-0.4, -0.2) is 15.0 Å². The first-order valence-electron chi connectivity index (χ1n) is 6.08. The van der Waals surface area contributed by atoms with Crippen molar-refractivity contribution in [2.75, 3.05) is 0 Å². The number of hydrogen-bond donors (Lipinski definition) is 1. The van der Waals surface area contributed by atoms with Crippen molar-refractivity contribution in [1.82, 2.24) is 15.0 Å². The molecule has 0 amide bonds. The van der Waals surface area contributed by atoms with E-state index >= 15 is 0 Å². The summed E-state index contributed by atoms with van der Waals surface area (Å²) in [5, 5.41) is 0.427. The molecule has 3 aromatic rings. The molecule has 0 atom stereocenters. The van der Waals surface area contributed by atoms with Gasteiger partial charge in [-0.05, 0) is 31.2 Å². The summed E-state index contributed by atoms with van der Waals surface area (Å²) >= 11 is 5.77. The molecule has 5 heteroatoms. The van der Waals surface area contributed by atoms with E-state index in [-0.39, 0.29) is 5.82 Å². The number of nitrogens with one attached hydrogen (secondary N) is 1. The quantitative estimate of drug-likeness (QED) is 0.716. The average Bonchev–Trinajstić information content (AvgIpc) is 2.82. The minimum Gasteiger partial charge on any atom is -0.341 e. The van der Waals surface area contributed by atoms with Crippen LogP contribution in [0.4, 0.5) is 4.39 Å². The molecule has 0 aliphatic rings. The lowest BCUT2D eigenvalue weighted by atomic mass is 10.2. The Kier molecular flexibility index (Phi) is 3.24. The highest BCUT2D eigenvalue weighted by Crippen LogP contribution is 2.26. The monoisotopic (exact) mass is 287 g/mol. The summed E-state index contributed by atoms with van der Waals surface area (Å²) in [7, 11) is 0. The molecule has 0 saturated heterocycles. The maximum atomic E-state index is 13.8. The Balaban J connectivity index is 2.08. The SMILES string of the molecule is Cc1[nH]c(-c2ccccc2F)nc1-c1ccc(Cl)nc1. The van der Waals surface area contributed by atoms with Gasteiger partial charge in [0.25, 0.3) is 0 Å². The molecular weight excluding hydrogens is 277 g/mol. The summed E-state index contributed by atoms with van der Waals surface area (Å²) in [6.07, 6.45) is 1.65. The molecule has 1 N–H and O–H groups in total. The Bertz CT molecular complexity index is 750. The van der Waals surface area contributed by atoms with Gasteiger partial charge in [0.2, 0.25) is 0 Å². The van der Waals surface area contributed by atoms with E-state index in [1.165, 1.54) is 6.07 Å². The normalized spacial score (nSPS) is 10.8. The number of hydrogen-bond acceptors (Lipinski definition) is 2. The molecule has 0 radical (unpaired) electrons. The summed E-state index contributed by atoms with van der Waals surface area (Å²) < 4.78 is 13.8. The molecule has 0 fully saturated rings. The van der Waals surface area contributed by atoms with Crippen molar-refractivity contribution < 1.29 is 4.39 Å². The molecule has 3 nitrogen and oxygen atoms in total. The number of halogens is 2. The summed E-state index contributed by atoms with van der Waals surface area (Å²) in [5.41, 5.74) is 2.88. The Morgan fingerprint density at radius 2 is 1.95 bits per heavy atom. The van der Waals surface area contributed by atoms with Crippen LogP contribution in [0, 0.1) is 12.7 Å². The second-order valence-corrected chi connectivity index (χ2v) is 4.80. The molecule has 0 aliphatic heterocycles. The number of H-pyrrole nitrogens is 1. The van der Waals surface area contributed by atoms with Crippen molar-refractivity contribution in [3.8, 4) is 22.6 Å². The summed E-state index contributed by atoms with van der Waals surface area (Å²) in [5.74, 6) is 0.201. The first kappa shape index (κ1) is 12.8. The van der Waals surface area contributed by atoms with Crippen molar-refractivity contribution in [1.29, 1.82) is 0 Å². The van der Waals surface area contributed by atoms with Crippen LogP contribution in [0.15, 0.2) is 42.6 Å². The Morgan fingerprint density at radius 3 is 2.65 bits per heavy atom. The molecule has 0 unspecified atom stereocenters. The molecule has 2 heterocycles. The van der Waals surface area contributed by atoms with Crippen LogP contribution in [0.5, 0.6) is 0 Å². The maximum Gasteiger partial charge on any atom is 0.141 e. The van der Waals surface area contributed by atoms with Gasteiger partial charge in [-0.15, -0.1) is 0 Å². The van der Waals surface area contributed by atoms with Gasteiger partial charge in [0.05, 0.1) is 11.3 Å². The van der Waals surface area contributed by atoms with Gasteiger partial charge in [0.15, 0.2) is 0 Å². The van der Waals surface area contributed by atoms with Crippen molar-refractivity contribution in [3.63, 3.8) is 0 Å². The molecule has 1 aromatic carbocycles. The van der Waals surface area contributed by atoms with Crippen molar-refractivity contribution in [3.05, 3.63) is 59.3 Å². The van der Waals surface area contributed by atoms with E-state index in [1.54, 1.807) is 30.5 Å². The topological polar surface area (TPSA) is 41.6 Å². The number of aromatic amines is 1. The first-order valence-corrected chi connectivity index (χ1v) is 6.46. The maximum absolute atomic E-state index is 13.8. The van der Waals surface area contributed by atoms with Crippen molar-refractivity contribution >= 4 is 11.6 Å². The minimum absolute atomic E-state index is 0.304. The van der Waals surface area contributed by atoms with Gasteiger partial charge in [0.1, 0.15) is 16.8 Å². The second-order valence-electron chi connectivity index (χ2n) is 4.41. The molecule has 20 heavy (non-hydrogen) atoms. The molecule has 2 aromatic heterocycles. The zero-order valence-corrected chi connectivity index (χ0v) is 11.4. The standard InChI is InChI=1S/C15H11ClFN3/c1-9-14(10-6-7-13(16)18-8-10)20-15(19-9)11-4-2-3-5-12(11)17/h2-8H,1H3,(H,19,20). The molecule has 0 saturated carbocycles. The Hall–Kier alpha value is -2.20. The lowest BCUT2D eigenvalue weighted by molar-refractivity contribution is 0.630. The predicted octanol–water partition coefficient (Wildman–Crippen LogP) is 4.24. The van der Waals surface area contributed by atoms with Crippen LogP contribution >= 0.6 is 11.6 Å². The predicted molar refractivity (Wildman–Crippen MR) is 77.0 cm³/mol. The van der Waals surface area contributed by atoms with Crippen molar-refractivity contribution in [2.45, 2.75) is 6.92 Å². The fraction of sp³-hybridized carbons (Fsp3) is 0.0667. The van der Waals surface area contributed by atoms with E-state index in [2.05, 4.69) is 15.0 Å². The lowest BCUT2D eigenvalue weighted by Gasteiger charge is -1.98. The van der Waals surface area contributed by atoms with E-state index in [4.69, 9.17) is 11.6 Å². The van der Waals surface area contributed by atoms with Crippen LogP contribution in [0.1, 0.15) is 5.69 Å². The van der Waals surface area contributed by atoms with E-state index in [9.17, 15) is 4.39 Å². The van der Waals surface area contributed by atoms with Crippen LogP contribution in [0.2, 0.25) is 5.15 Å². The highest BCUT2D eigenvalue weighted by molar-refractivity contribution is 6.29. The summed E-state index contributed by atoms with van der Waals surface area (Å²) in [6, 6.07) is 10.1. The molecule has 0 aliphatic carbocycles. The van der Waals surface area contributed by atoms with Crippen LogP contribution in [0.3, 0.4) is 0 Å². The molecule has 0 bridgehead atoms. The summed E-state index contributed by atoms with van der Waals surface area (Å²) in [6.45, 7) is 1.89. The van der Waals surface area contributed by atoms with Gasteiger partial charge in [0, 0.05) is 17.5 Å². The van der Waals surface area contributed by atoms with Gasteiger partial charge in [-0.25, -0.2) is 14.4 Å². The third-order valence-electron chi connectivity index (χ3n) is 3.01. The number of aromatic nitrogens is 3. The van der Waals surface area contributed by atoms with Gasteiger partial charge in [-0.2, -0.15) is 0 Å². The highest BCUT2D eigenvalue weighted by Gasteiger charge is 2.13. The third kappa shape index (κ3) is 2.30. The fourth-order valence-corrected chi connectivity index (χ4v) is 2.15. The fourth-order valence-electron chi connectivity index (χ4n) is 2.04. The zero-order chi connectivity index (χ0) is 14.1. The average molecular weight is 288 g/mol. The number of benzene rings is 1. The number of pyridine rings is 1. The molecule has 0 spiro atoms. The zero-order valence-electron chi connectivity index (χ0n) is 10.7. The first-order chi connectivity index (χ1) is 9.65. The Morgan fingerprint density at radius 1 is 1.15 bits per heavy atom. The van der Waals surface area contributed by atoms with Crippen LogP contribution < -0.4 is 0 Å². The van der Waals surface area contributed by atoms with Crippen LogP contribution in [-0.2, 0) is 0 Å². The third-order valence-corrected chi connectivity index (χ3v) is 3.24. The largest absolute Gasteiger partial charge is 0.341 e. The molecule has 3 rings (SSSR count). The van der Waals surface area contributed by atoms with E-state index < -0.39 is 0 Å². The van der Waals surface area contributed by atoms with Crippen molar-refractivity contribution in [2.24, 2.45) is 0 Å². The van der Waals surface area contributed by atoms with Crippen LogP contribution in [0.25, 0.3) is 22.6 Å². The number of nitrogens with zero attached hydrogens (tertiary/aromatic N) is 2. The molecular formula is C15H11ClFN3. The van der Waals surface area contributed by atoms with Gasteiger partial charge in [-0.1, -0.05) is 23.7 Å². The summed E-state index contributed by atoms with van der Waals surface area (Å²) in [4.78, 5) is 11.6. The smallest absolute Gasteiger partial charge is 0.141 e. The molecule has 100 valence electrons. The Labute approximate surface area is 120 Å². The number of imidazole rings is 1. The van der Waals surface area contributed by atoms with E-state index in [0.717, 1.165) is 17.0 Å². The second kappa shape index (κ2) is 5.06. The number of rotatable bonds is 2. The number of aryl methyl sites for hydroxylation is 1. The van der Waals surface area contributed by atoms with E-state index in [0.29, 0.717) is 16.5 Å². The lowest BCUT2D eigenvalue weighted by Crippen LogP contribution is -1.86. The van der Waals surface area contributed by atoms with Gasteiger partial charge < -0.3 is 4.98 Å². The van der Waals surface area contributed by atoms with Gasteiger partial charge >= 0.3 is 0 Å². The van der Waals surface area contributed by atoms with Gasteiger partial charge in [-0.3, -0.25) is 0 Å². The highest BCUT2D eigenvalue weighted by atomic mass is 35.5. The van der Waals surface area contributed by atoms with E-state index in [1.807, 2.05) is 13.0 Å². The minimum atomic E-state index is -0.304.